The maximum absolute atomic E-state index is 10.2. The van der Waals surface area contributed by atoms with Crippen LogP contribution in [0.25, 0.3) is 11.1 Å². The van der Waals surface area contributed by atoms with Crippen molar-refractivity contribution in [2.45, 2.75) is 26.2 Å². The lowest BCUT2D eigenvalue weighted by Gasteiger charge is -2.42. The Morgan fingerprint density at radius 3 is 2.93 bits per heavy atom. The lowest BCUT2D eigenvalue weighted by molar-refractivity contribution is 0.0793. The number of para-hydroxylation sites is 1. The van der Waals surface area contributed by atoms with Gasteiger partial charge in [0.15, 0.2) is 0 Å². The highest BCUT2D eigenvalue weighted by molar-refractivity contribution is 5.87. The van der Waals surface area contributed by atoms with E-state index in [1.165, 1.54) is 6.33 Å². The van der Waals surface area contributed by atoms with Crippen molar-refractivity contribution in [1.29, 1.82) is 0 Å². The zero-order valence-corrected chi connectivity index (χ0v) is 15.5. The molecule has 1 fully saturated rings. The summed E-state index contributed by atoms with van der Waals surface area (Å²) in [6.45, 7) is 4.20. The van der Waals surface area contributed by atoms with E-state index in [0.717, 1.165) is 55.0 Å². The molecule has 7 nitrogen and oxygen atoms in total. The maximum atomic E-state index is 10.2. The zero-order valence-electron chi connectivity index (χ0n) is 15.5. The monoisotopic (exact) mass is 368 g/mol. The second-order valence-corrected chi connectivity index (χ2v) is 7.24. The number of nitrogens with zero attached hydrogens (tertiary/aromatic N) is 4. The number of aromatic nitrogens is 3. The number of aliphatic hydroxyl groups is 1. The first-order valence-electron chi connectivity index (χ1n) is 9.31. The van der Waals surface area contributed by atoms with Crippen molar-refractivity contribution in [1.82, 2.24) is 15.1 Å². The van der Waals surface area contributed by atoms with Crippen LogP contribution in [0.3, 0.4) is 0 Å². The molecule has 1 atom stereocenters. The minimum Gasteiger partial charge on any atom is -0.494 e. The van der Waals surface area contributed by atoms with Gasteiger partial charge in [-0.05, 0) is 38.3 Å². The van der Waals surface area contributed by atoms with E-state index in [1.54, 1.807) is 0 Å². The molecule has 0 radical (unpaired) electrons. The van der Waals surface area contributed by atoms with Gasteiger partial charge in [0.2, 0.25) is 0 Å². The molecule has 0 amide bonds. The fraction of sp³-hybridized carbons (Fsp3) is 0.450. The number of rotatable bonds is 6. The number of aryl methyl sites for hydroxylation is 1. The summed E-state index contributed by atoms with van der Waals surface area (Å²) in [7, 11) is 0. The predicted molar refractivity (Wildman–Crippen MR) is 102 cm³/mol. The molecule has 0 saturated carbocycles. The third kappa shape index (κ3) is 3.60. The molecule has 7 heteroatoms. The number of aliphatic hydroxyl groups excluding tert-OH is 1. The molecule has 3 heterocycles. The Balaban J connectivity index is 1.50. The normalized spacial score (nSPS) is 20.1. The number of anilines is 1. The first kappa shape index (κ1) is 17.7. The molecule has 2 aromatic heterocycles. The van der Waals surface area contributed by atoms with Crippen LogP contribution in [-0.2, 0) is 0 Å². The van der Waals surface area contributed by atoms with E-state index in [2.05, 4.69) is 20.0 Å². The molecule has 27 heavy (non-hydrogen) atoms. The number of hydrogen-bond acceptors (Lipinski definition) is 7. The van der Waals surface area contributed by atoms with Gasteiger partial charge in [-0.1, -0.05) is 23.4 Å². The van der Waals surface area contributed by atoms with E-state index in [0.29, 0.717) is 12.3 Å². The molecule has 0 aliphatic carbocycles. The highest BCUT2D eigenvalue weighted by Gasteiger charge is 2.36. The van der Waals surface area contributed by atoms with Gasteiger partial charge in [-0.3, -0.25) is 0 Å². The number of hydrogen-bond donors (Lipinski definition) is 1. The Morgan fingerprint density at radius 2 is 2.11 bits per heavy atom. The zero-order chi connectivity index (χ0) is 18.7. The van der Waals surface area contributed by atoms with Crippen molar-refractivity contribution in [3.63, 3.8) is 0 Å². The Kier molecular flexibility index (Phi) is 4.94. The van der Waals surface area contributed by atoms with E-state index in [1.807, 2.05) is 37.3 Å². The summed E-state index contributed by atoms with van der Waals surface area (Å²) in [6.07, 6.45) is 4.25. The molecule has 1 aliphatic rings. The van der Waals surface area contributed by atoms with Crippen molar-refractivity contribution in [2.75, 3.05) is 31.2 Å². The maximum Gasteiger partial charge on any atom is 0.263 e. The van der Waals surface area contributed by atoms with Crippen molar-refractivity contribution in [3.05, 3.63) is 42.4 Å². The van der Waals surface area contributed by atoms with Crippen molar-refractivity contribution >= 4 is 16.9 Å². The lowest BCUT2D eigenvalue weighted by Crippen LogP contribution is -2.46. The molecule has 142 valence electrons. The summed E-state index contributed by atoms with van der Waals surface area (Å²) in [5.41, 5.74) is 1.08. The second kappa shape index (κ2) is 7.52. The van der Waals surface area contributed by atoms with Gasteiger partial charge >= 0.3 is 0 Å². The van der Waals surface area contributed by atoms with Gasteiger partial charge in [-0.15, -0.1) is 0 Å². The molecule has 1 saturated heterocycles. The summed E-state index contributed by atoms with van der Waals surface area (Å²) in [5, 5.41) is 15.1. The van der Waals surface area contributed by atoms with Crippen LogP contribution in [0.15, 0.2) is 41.2 Å². The summed E-state index contributed by atoms with van der Waals surface area (Å²) < 4.78 is 11.1. The molecular formula is C20H24N4O3. The van der Waals surface area contributed by atoms with E-state index in [-0.39, 0.29) is 12.0 Å². The smallest absolute Gasteiger partial charge is 0.263 e. The summed E-state index contributed by atoms with van der Waals surface area (Å²) in [6, 6.07) is 9.79. The standard InChI is InChI=1S/C20H24N4O3/c1-15-17-18(21-14-22-19(17)27-23-15)24-10-5-8-20(12-24,13-25)9-11-26-16-6-3-2-4-7-16/h2-4,6-7,14,25H,5,8-13H2,1H3/t20-/m1/s1. The van der Waals surface area contributed by atoms with Gasteiger partial charge in [0.05, 0.1) is 18.9 Å². The van der Waals surface area contributed by atoms with Crippen LogP contribution in [0.4, 0.5) is 5.82 Å². The van der Waals surface area contributed by atoms with E-state index >= 15 is 0 Å². The molecule has 0 bridgehead atoms. The molecule has 4 rings (SSSR count). The molecule has 1 aliphatic heterocycles. The Hall–Kier alpha value is -2.67. The third-order valence-corrected chi connectivity index (χ3v) is 5.36. The van der Waals surface area contributed by atoms with Crippen LogP contribution in [0.1, 0.15) is 25.0 Å². The predicted octanol–water partition coefficient (Wildman–Crippen LogP) is 2.97. The summed E-state index contributed by atoms with van der Waals surface area (Å²) in [5.74, 6) is 1.69. The van der Waals surface area contributed by atoms with Crippen LogP contribution in [0.2, 0.25) is 0 Å². The van der Waals surface area contributed by atoms with Gasteiger partial charge in [0.1, 0.15) is 23.3 Å². The van der Waals surface area contributed by atoms with Crippen LogP contribution in [0, 0.1) is 12.3 Å². The Labute approximate surface area is 158 Å². The van der Waals surface area contributed by atoms with Crippen LogP contribution < -0.4 is 9.64 Å². The van der Waals surface area contributed by atoms with Crippen molar-refractivity contribution in [3.8, 4) is 5.75 Å². The lowest BCUT2D eigenvalue weighted by atomic mass is 9.78. The van der Waals surface area contributed by atoms with E-state index in [4.69, 9.17) is 9.26 Å². The number of piperidine rings is 1. The molecule has 1 N–H and O–H groups in total. The third-order valence-electron chi connectivity index (χ3n) is 5.36. The first-order chi connectivity index (χ1) is 13.2. The van der Waals surface area contributed by atoms with E-state index in [9.17, 15) is 5.11 Å². The van der Waals surface area contributed by atoms with Crippen molar-refractivity contribution < 1.29 is 14.4 Å². The fourth-order valence-corrected chi connectivity index (χ4v) is 3.85. The van der Waals surface area contributed by atoms with Gasteiger partial charge in [0.25, 0.3) is 5.71 Å². The highest BCUT2D eigenvalue weighted by atomic mass is 16.5. The average Bonchev–Trinajstić information content (AvgIpc) is 3.10. The molecule has 1 aromatic carbocycles. The molecular weight excluding hydrogens is 344 g/mol. The van der Waals surface area contributed by atoms with Crippen molar-refractivity contribution in [2.24, 2.45) is 5.41 Å². The van der Waals surface area contributed by atoms with Crippen LogP contribution in [0.5, 0.6) is 5.75 Å². The minimum absolute atomic E-state index is 0.124. The topological polar surface area (TPSA) is 84.5 Å². The van der Waals surface area contributed by atoms with Gasteiger partial charge < -0.3 is 19.3 Å². The van der Waals surface area contributed by atoms with Crippen LogP contribution >= 0.6 is 0 Å². The highest BCUT2D eigenvalue weighted by Crippen LogP contribution is 2.37. The molecule has 0 unspecified atom stereocenters. The summed E-state index contributed by atoms with van der Waals surface area (Å²) >= 11 is 0. The van der Waals surface area contributed by atoms with E-state index < -0.39 is 0 Å². The minimum atomic E-state index is -0.213. The first-order valence-corrected chi connectivity index (χ1v) is 9.31. The van der Waals surface area contributed by atoms with Gasteiger partial charge in [0, 0.05) is 18.5 Å². The average molecular weight is 368 g/mol. The number of fused-ring (bicyclic) bond motifs is 1. The van der Waals surface area contributed by atoms with Crippen LogP contribution in [-0.4, -0.2) is 46.5 Å². The second-order valence-electron chi connectivity index (χ2n) is 7.24. The Bertz CT molecular complexity index is 899. The number of ether oxygens (including phenoxy) is 1. The fourth-order valence-electron chi connectivity index (χ4n) is 3.85. The SMILES string of the molecule is Cc1noc2ncnc(N3CCC[C@@](CO)(CCOc4ccccc4)C3)c12. The quantitative estimate of drug-likeness (QED) is 0.716. The Morgan fingerprint density at radius 1 is 1.26 bits per heavy atom. The van der Waals surface area contributed by atoms with Gasteiger partial charge in [-0.25, -0.2) is 4.98 Å². The molecule has 0 spiro atoms. The van der Waals surface area contributed by atoms with Gasteiger partial charge in [-0.2, -0.15) is 4.98 Å². The largest absolute Gasteiger partial charge is 0.494 e. The number of benzene rings is 1. The summed E-state index contributed by atoms with van der Waals surface area (Å²) in [4.78, 5) is 10.9. The molecule has 3 aromatic rings.